The van der Waals surface area contributed by atoms with Crippen molar-refractivity contribution >= 4 is 23.2 Å². The zero-order chi connectivity index (χ0) is 11.4. The van der Waals surface area contributed by atoms with Crippen molar-refractivity contribution in [1.82, 2.24) is 0 Å². The van der Waals surface area contributed by atoms with Crippen LogP contribution in [0.1, 0.15) is 19.4 Å². The number of ether oxygens (including phenoxy) is 1. The normalized spacial score (nSPS) is 12.3. The number of rotatable bonds is 4. The number of hydrogen-bond donors (Lipinski definition) is 0. The van der Waals surface area contributed by atoms with Crippen molar-refractivity contribution in [2.24, 2.45) is 0 Å². The molecule has 0 saturated heterocycles. The van der Waals surface area contributed by atoms with Crippen molar-refractivity contribution < 1.29 is 4.74 Å². The van der Waals surface area contributed by atoms with Crippen LogP contribution in [0.25, 0.3) is 0 Å². The average molecular weight is 245 g/mol. The Hall–Kier alpha value is -0.660. The second-order valence-electron chi connectivity index (χ2n) is 3.29. The van der Waals surface area contributed by atoms with Gasteiger partial charge in [-0.2, -0.15) is 0 Å². The highest BCUT2D eigenvalue weighted by Crippen LogP contribution is 2.32. The SMILES string of the molecule is C=CC(C)Oc1cc(Cl)c(CC)cc1Cl. The molecule has 1 aromatic carbocycles. The highest BCUT2D eigenvalue weighted by atomic mass is 35.5. The standard InChI is InChI=1S/C12H14Cl2O/c1-4-8(3)15-12-7-10(13)9(5-2)6-11(12)14/h4,6-8H,1,5H2,2-3H3. The molecule has 1 rings (SSSR count). The minimum Gasteiger partial charge on any atom is -0.485 e. The summed E-state index contributed by atoms with van der Waals surface area (Å²) in [7, 11) is 0. The third-order valence-electron chi connectivity index (χ3n) is 2.13. The van der Waals surface area contributed by atoms with Gasteiger partial charge in [-0.3, -0.25) is 0 Å². The van der Waals surface area contributed by atoms with E-state index in [9.17, 15) is 0 Å². The predicted molar refractivity (Wildman–Crippen MR) is 66.1 cm³/mol. The maximum Gasteiger partial charge on any atom is 0.140 e. The molecular formula is C12H14Cl2O. The van der Waals surface area contributed by atoms with Crippen LogP contribution < -0.4 is 4.74 Å². The molecule has 0 aliphatic heterocycles. The first kappa shape index (κ1) is 12.4. The second-order valence-corrected chi connectivity index (χ2v) is 4.10. The summed E-state index contributed by atoms with van der Waals surface area (Å²) in [6.45, 7) is 7.57. The lowest BCUT2D eigenvalue weighted by molar-refractivity contribution is 0.270. The summed E-state index contributed by atoms with van der Waals surface area (Å²) in [6, 6.07) is 3.59. The molecule has 15 heavy (non-hydrogen) atoms. The molecular weight excluding hydrogens is 231 g/mol. The number of halogens is 2. The summed E-state index contributed by atoms with van der Waals surface area (Å²) >= 11 is 12.1. The van der Waals surface area contributed by atoms with Gasteiger partial charge in [0.1, 0.15) is 11.9 Å². The third kappa shape index (κ3) is 3.15. The Kier molecular flexibility index (Phi) is 4.49. The van der Waals surface area contributed by atoms with Crippen molar-refractivity contribution in [2.45, 2.75) is 26.4 Å². The summed E-state index contributed by atoms with van der Waals surface area (Å²) < 4.78 is 5.54. The smallest absolute Gasteiger partial charge is 0.140 e. The molecule has 0 heterocycles. The first-order valence-corrected chi connectivity index (χ1v) is 5.61. The molecule has 0 fully saturated rings. The van der Waals surface area contributed by atoms with E-state index in [2.05, 4.69) is 6.58 Å². The first-order valence-electron chi connectivity index (χ1n) is 4.85. The van der Waals surface area contributed by atoms with Gasteiger partial charge in [0, 0.05) is 11.1 Å². The number of aryl methyl sites for hydroxylation is 1. The Bertz CT molecular complexity index is 361. The van der Waals surface area contributed by atoms with Crippen LogP contribution in [0.2, 0.25) is 10.0 Å². The molecule has 0 spiro atoms. The molecule has 3 heteroatoms. The van der Waals surface area contributed by atoms with Gasteiger partial charge < -0.3 is 4.74 Å². The van der Waals surface area contributed by atoms with E-state index in [1.165, 1.54) is 0 Å². The predicted octanol–water partition coefficient (Wildman–Crippen LogP) is 4.51. The molecule has 0 bridgehead atoms. The van der Waals surface area contributed by atoms with Crippen LogP contribution >= 0.6 is 23.2 Å². The van der Waals surface area contributed by atoms with E-state index in [0.29, 0.717) is 15.8 Å². The van der Waals surface area contributed by atoms with Gasteiger partial charge in [0.15, 0.2) is 0 Å². The summed E-state index contributed by atoms with van der Waals surface area (Å²) in [4.78, 5) is 0. The molecule has 1 aromatic rings. The van der Waals surface area contributed by atoms with Crippen LogP contribution in [0.3, 0.4) is 0 Å². The molecule has 1 atom stereocenters. The summed E-state index contributed by atoms with van der Waals surface area (Å²) in [5.41, 5.74) is 1.03. The Balaban J connectivity index is 2.99. The zero-order valence-electron chi connectivity index (χ0n) is 8.89. The van der Waals surface area contributed by atoms with Crippen molar-refractivity contribution in [3.8, 4) is 5.75 Å². The summed E-state index contributed by atoms with van der Waals surface area (Å²) in [5, 5.41) is 1.28. The molecule has 0 aliphatic rings. The molecule has 0 aromatic heterocycles. The minimum absolute atomic E-state index is 0.0777. The fraction of sp³-hybridized carbons (Fsp3) is 0.333. The van der Waals surface area contributed by atoms with Crippen LogP contribution in [0.4, 0.5) is 0 Å². The number of benzene rings is 1. The van der Waals surface area contributed by atoms with Crippen molar-refractivity contribution in [3.63, 3.8) is 0 Å². The van der Waals surface area contributed by atoms with E-state index < -0.39 is 0 Å². The lowest BCUT2D eigenvalue weighted by Gasteiger charge is -2.13. The van der Waals surface area contributed by atoms with Gasteiger partial charge >= 0.3 is 0 Å². The minimum atomic E-state index is -0.0777. The van der Waals surface area contributed by atoms with Crippen LogP contribution in [-0.4, -0.2) is 6.10 Å². The molecule has 0 amide bonds. The van der Waals surface area contributed by atoms with Gasteiger partial charge in [-0.05, 0) is 25.0 Å². The first-order chi connectivity index (χ1) is 7.08. The van der Waals surface area contributed by atoms with Crippen LogP contribution in [0, 0.1) is 0 Å². The fourth-order valence-corrected chi connectivity index (χ4v) is 1.70. The molecule has 0 aliphatic carbocycles. The molecule has 1 nitrogen and oxygen atoms in total. The lowest BCUT2D eigenvalue weighted by Crippen LogP contribution is -2.07. The van der Waals surface area contributed by atoms with Crippen molar-refractivity contribution in [2.75, 3.05) is 0 Å². The Morgan fingerprint density at radius 3 is 2.60 bits per heavy atom. The Labute approximate surface area is 101 Å². The van der Waals surface area contributed by atoms with E-state index in [1.54, 1.807) is 12.1 Å². The van der Waals surface area contributed by atoms with E-state index in [1.807, 2.05) is 19.9 Å². The maximum atomic E-state index is 6.06. The highest BCUT2D eigenvalue weighted by molar-refractivity contribution is 6.34. The molecule has 82 valence electrons. The topological polar surface area (TPSA) is 9.23 Å². The largest absolute Gasteiger partial charge is 0.485 e. The van der Waals surface area contributed by atoms with Crippen LogP contribution in [-0.2, 0) is 6.42 Å². The molecule has 0 radical (unpaired) electrons. The van der Waals surface area contributed by atoms with Gasteiger partial charge in [0.05, 0.1) is 5.02 Å². The maximum absolute atomic E-state index is 6.06. The van der Waals surface area contributed by atoms with Gasteiger partial charge in [-0.15, -0.1) is 0 Å². The highest BCUT2D eigenvalue weighted by Gasteiger charge is 2.08. The van der Waals surface area contributed by atoms with Crippen molar-refractivity contribution in [3.05, 3.63) is 40.4 Å². The van der Waals surface area contributed by atoms with E-state index in [-0.39, 0.29) is 6.10 Å². The molecule has 1 unspecified atom stereocenters. The van der Waals surface area contributed by atoms with Gasteiger partial charge in [-0.1, -0.05) is 42.8 Å². The van der Waals surface area contributed by atoms with Crippen LogP contribution in [0.5, 0.6) is 5.75 Å². The van der Waals surface area contributed by atoms with E-state index in [4.69, 9.17) is 27.9 Å². The van der Waals surface area contributed by atoms with Crippen molar-refractivity contribution in [1.29, 1.82) is 0 Å². The summed E-state index contributed by atoms with van der Waals surface area (Å²) in [5.74, 6) is 0.603. The number of hydrogen-bond acceptors (Lipinski definition) is 1. The van der Waals surface area contributed by atoms with Gasteiger partial charge in [-0.25, -0.2) is 0 Å². The monoisotopic (exact) mass is 244 g/mol. The quantitative estimate of drug-likeness (QED) is 0.709. The van der Waals surface area contributed by atoms with Crippen LogP contribution in [0.15, 0.2) is 24.8 Å². The Morgan fingerprint density at radius 1 is 1.40 bits per heavy atom. The average Bonchev–Trinajstić information content (AvgIpc) is 2.22. The second kappa shape index (κ2) is 5.43. The zero-order valence-corrected chi connectivity index (χ0v) is 10.4. The lowest BCUT2D eigenvalue weighted by atomic mass is 10.1. The molecule has 0 N–H and O–H groups in total. The summed E-state index contributed by atoms with van der Waals surface area (Å²) in [6.07, 6.45) is 2.49. The third-order valence-corrected chi connectivity index (χ3v) is 2.77. The fourth-order valence-electron chi connectivity index (χ4n) is 1.18. The van der Waals surface area contributed by atoms with Gasteiger partial charge in [0.2, 0.25) is 0 Å². The van der Waals surface area contributed by atoms with E-state index >= 15 is 0 Å². The van der Waals surface area contributed by atoms with E-state index in [0.717, 1.165) is 12.0 Å². The Morgan fingerprint density at radius 2 is 2.07 bits per heavy atom. The molecule has 0 saturated carbocycles. The van der Waals surface area contributed by atoms with Gasteiger partial charge in [0.25, 0.3) is 0 Å².